The zero-order valence-corrected chi connectivity index (χ0v) is 20.3. The van der Waals surface area contributed by atoms with Crippen LogP contribution in [0.3, 0.4) is 0 Å². The first kappa shape index (κ1) is 23.7. The Labute approximate surface area is 215 Å². The van der Waals surface area contributed by atoms with Crippen LogP contribution in [0.4, 0.5) is 15.9 Å². The van der Waals surface area contributed by atoms with Gasteiger partial charge in [0.2, 0.25) is 5.91 Å². The van der Waals surface area contributed by atoms with Gasteiger partial charge in [-0.15, -0.1) is 0 Å². The first-order valence-electron chi connectivity index (χ1n) is 11.0. The van der Waals surface area contributed by atoms with Crippen LogP contribution in [-0.2, 0) is 11.8 Å². The molecule has 5 rings (SSSR count). The van der Waals surface area contributed by atoms with Crippen molar-refractivity contribution >= 4 is 39.7 Å². The van der Waals surface area contributed by atoms with E-state index in [0.717, 1.165) is 5.56 Å². The number of fused-ring (bicyclic) bond motifs is 1. The fraction of sp³-hybridized carbons (Fsp3) is 0.0370. The number of nitrogens with one attached hydrogen (secondary N) is 1. The molecule has 3 N–H and O–H groups in total. The molecule has 182 valence electrons. The molecule has 10 heteroatoms. The molecule has 0 aliphatic rings. The summed E-state index contributed by atoms with van der Waals surface area (Å²) >= 11 is 1.25. The van der Waals surface area contributed by atoms with Crippen molar-refractivity contribution in [2.24, 2.45) is 7.05 Å². The number of nitrogens with zero attached hydrogens (tertiary/aromatic N) is 4. The minimum Gasteiger partial charge on any atom is -0.428 e. The Morgan fingerprint density at radius 3 is 2.65 bits per heavy atom. The molecule has 5 aromatic rings. The maximum absolute atomic E-state index is 15.2. The number of carbonyl (C=O) groups excluding carboxylic acids is 1. The van der Waals surface area contributed by atoms with Crippen molar-refractivity contribution in [3.63, 3.8) is 0 Å². The smallest absolute Gasteiger partial charge is 0.278 e. The van der Waals surface area contributed by atoms with Gasteiger partial charge in [0.25, 0.3) is 5.19 Å². The molecular weight excluding hydrogens is 491 g/mol. The number of nitriles is 1. The van der Waals surface area contributed by atoms with E-state index in [1.165, 1.54) is 35.7 Å². The second-order valence-electron chi connectivity index (χ2n) is 7.99. The number of amides is 1. The number of anilines is 2. The van der Waals surface area contributed by atoms with Gasteiger partial charge in [0, 0.05) is 36.1 Å². The van der Waals surface area contributed by atoms with E-state index < -0.39 is 5.82 Å². The number of halogens is 1. The molecule has 0 atom stereocenters. The number of rotatable bonds is 6. The lowest BCUT2D eigenvalue weighted by atomic mass is 9.97. The van der Waals surface area contributed by atoms with Crippen LogP contribution in [0.15, 0.2) is 72.9 Å². The predicted octanol–water partition coefficient (Wildman–Crippen LogP) is 5.87. The number of aromatic nitrogens is 3. The van der Waals surface area contributed by atoms with E-state index in [0.29, 0.717) is 44.2 Å². The summed E-state index contributed by atoms with van der Waals surface area (Å²) in [5, 5.41) is 15.1. The summed E-state index contributed by atoms with van der Waals surface area (Å²) in [6.07, 6.45) is 4.18. The molecule has 0 saturated carbocycles. The Morgan fingerprint density at radius 2 is 2.00 bits per heavy atom. The van der Waals surface area contributed by atoms with Crippen LogP contribution in [0, 0.1) is 17.1 Å². The van der Waals surface area contributed by atoms with Crippen LogP contribution in [0.25, 0.3) is 33.3 Å². The Balaban J connectivity index is 1.71. The lowest BCUT2D eigenvalue weighted by Gasteiger charge is -2.11. The summed E-state index contributed by atoms with van der Waals surface area (Å²) in [6, 6.07) is 13.9. The lowest BCUT2D eigenvalue weighted by Crippen LogP contribution is -2.06. The van der Waals surface area contributed by atoms with Gasteiger partial charge in [-0.1, -0.05) is 36.1 Å². The highest BCUT2D eigenvalue weighted by molar-refractivity contribution is 7.11. The fourth-order valence-electron chi connectivity index (χ4n) is 4.21. The van der Waals surface area contributed by atoms with Gasteiger partial charge in [-0.2, -0.15) is 5.26 Å². The third kappa shape index (κ3) is 4.28. The van der Waals surface area contributed by atoms with Crippen LogP contribution in [0.2, 0.25) is 0 Å². The van der Waals surface area contributed by atoms with Crippen molar-refractivity contribution < 1.29 is 13.9 Å². The van der Waals surface area contributed by atoms with Crippen molar-refractivity contribution in [3.8, 4) is 39.4 Å². The summed E-state index contributed by atoms with van der Waals surface area (Å²) in [5.41, 5.74) is 10.4. The molecule has 0 aliphatic carbocycles. The maximum Gasteiger partial charge on any atom is 0.278 e. The Bertz CT molecular complexity index is 1700. The zero-order valence-electron chi connectivity index (χ0n) is 19.5. The number of benzene rings is 2. The van der Waals surface area contributed by atoms with E-state index in [1.807, 2.05) is 23.7 Å². The number of hydrogen-bond donors (Lipinski definition) is 2. The van der Waals surface area contributed by atoms with Crippen LogP contribution in [0.5, 0.6) is 10.9 Å². The Hall–Kier alpha value is -5.01. The van der Waals surface area contributed by atoms with Crippen LogP contribution in [-0.4, -0.2) is 20.4 Å². The van der Waals surface area contributed by atoms with E-state index in [2.05, 4.69) is 27.9 Å². The van der Waals surface area contributed by atoms with E-state index in [-0.39, 0.29) is 17.5 Å². The molecule has 0 bridgehead atoms. The molecule has 3 heterocycles. The molecule has 0 fully saturated rings. The van der Waals surface area contributed by atoms with Crippen molar-refractivity contribution in [2.45, 2.75) is 0 Å². The SMILES string of the molecule is C=CC(=O)Nc1ccc(-c2c(-c3ccc(Oc4nccs4)c(F)c3)c3c(N)ncc(C#N)c3n2C)cc1. The monoisotopic (exact) mass is 510 g/mol. The average molecular weight is 511 g/mol. The highest BCUT2D eigenvalue weighted by Crippen LogP contribution is 2.44. The second-order valence-corrected chi connectivity index (χ2v) is 8.85. The van der Waals surface area contributed by atoms with Crippen molar-refractivity contribution in [2.75, 3.05) is 11.1 Å². The highest BCUT2D eigenvalue weighted by Gasteiger charge is 2.24. The standard InChI is InChI=1S/C27H19FN6O2S/c1-3-21(35)33-18-7-4-15(5-8-18)24-22(23-25(34(24)2)17(13-29)14-32-26(23)30)16-6-9-20(19(28)12-16)36-27-31-10-11-37-27/h3-12,14H,1H2,2H3,(H2,30,32)(H,33,35). The molecule has 0 aliphatic heterocycles. The molecular formula is C27H19FN6O2S. The van der Waals surface area contributed by atoms with E-state index >= 15 is 4.39 Å². The number of hydrogen-bond acceptors (Lipinski definition) is 7. The van der Waals surface area contributed by atoms with Gasteiger partial charge in [0.1, 0.15) is 11.9 Å². The summed E-state index contributed by atoms with van der Waals surface area (Å²) in [5.74, 6) is -0.664. The van der Waals surface area contributed by atoms with Gasteiger partial charge in [-0.25, -0.2) is 14.4 Å². The minimum atomic E-state index is -0.582. The van der Waals surface area contributed by atoms with Crippen molar-refractivity contribution in [1.29, 1.82) is 5.26 Å². The Morgan fingerprint density at radius 1 is 1.24 bits per heavy atom. The quantitative estimate of drug-likeness (QED) is 0.276. The van der Waals surface area contributed by atoms with Crippen molar-refractivity contribution in [3.05, 3.63) is 84.3 Å². The normalized spacial score (nSPS) is 10.7. The topological polar surface area (TPSA) is 119 Å². The molecule has 3 aromatic heterocycles. The third-order valence-corrected chi connectivity index (χ3v) is 6.45. The number of nitrogens with two attached hydrogens (primary N) is 1. The molecule has 2 aromatic carbocycles. The number of pyridine rings is 1. The lowest BCUT2D eigenvalue weighted by molar-refractivity contribution is -0.111. The zero-order chi connectivity index (χ0) is 26.1. The van der Waals surface area contributed by atoms with E-state index in [9.17, 15) is 10.1 Å². The summed E-state index contributed by atoms with van der Waals surface area (Å²) in [6.45, 7) is 3.46. The van der Waals surface area contributed by atoms with Gasteiger partial charge in [-0.3, -0.25) is 4.79 Å². The third-order valence-electron chi connectivity index (χ3n) is 5.80. The van der Waals surface area contributed by atoms with Gasteiger partial charge < -0.3 is 20.4 Å². The summed E-state index contributed by atoms with van der Waals surface area (Å²) < 4.78 is 22.6. The van der Waals surface area contributed by atoms with Crippen LogP contribution >= 0.6 is 11.3 Å². The van der Waals surface area contributed by atoms with Gasteiger partial charge in [-0.05, 0) is 41.5 Å². The van der Waals surface area contributed by atoms with Crippen LogP contribution in [0.1, 0.15) is 5.56 Å². The molecule has 37 heavy (non-hydrogen) atoms. The summed E-state index contributed by atoms with van der Waals surface area (Å²) in [7, 11) is 1.81. The number of carbonyl (C=O) groups is 1. The fourth-order valence-corrected chi connectivity index (χ4v) is 4.71. The molecule has 0 unspecified atom stereocenters. The first-order chi connectivity index (χ1) is 17.9. The highest BCUT2D eigenvalue weighted by atomic mass is 32.1. The number of thiazole rings is 1. The largest absolute Gasteiger partial charge is 0.428 e. The maximum atomic E-state index is 15.2. The predicted molar refractivity (Wildman–Crippen MR) is 142 cm³/mol. The van der Waals surface area contributed by atoms with Gasteiger partial charge >= 0.3 is 0 Å². The number of nitrogen functional groups attached to an aromatic ring is 1. The second kappa shape index (κ2) is 9.56. The number of aryl methyl sites for hydroxylation is 1. The summed E-state index contributed by atoms with van der Waals surface area (Å²) in [4.78, 5) is 19.9. The molecule has 0 spiro atoms. The Kier molecular flexibility index (Phi) is 6.13. The first-order valence-corrected chi connectivity index (χ1v) is 11.9. The molecule has 0 radical (unpaired) electrons. The van der Waals surface area contributed by atoms with Crippen molar-refractivity contribution in [1.82, 2.24) is 14.5 Å². The molecule has 8 nitrogen and oxygen atoms in total. The molecule has 1 amide bonds. The van der Waals surface area contributed by atoms with Gasteiger partial charge in [0.05, 0.1) is 22.2 Å². The van der Waals surface area contributed by atoms with Gasteiger partial charge in [0.15, 0.2) is 11.6 Å². The molecule has 0 saturated heterocycles. The van der Waals surface area contributed by atoms with Crippen LogP contribution < -0.4 is 15.8 Å². The minimum absolute atomic E-state index is 0.0339. The average Bonchev–Trinajstić information content (AvgIpc) is 3.52. The number of ether oxygens (including phenoxy) is 1. The van der Waals surface area contributed by atoms with E-state index in [1.54, 1.807) is 29.8 Å². The van der Waals surface area contributed by atoms with E-state index in [4.69, 9.17) is 10.5 Å².